The van der Waals surface area contributed by atoms with E-state index in [1.807, 2.05) is 12.1 Å². The van der Waals surface area contributed by atoms with Crippen molar-refractivity contribution < 1.29 is 10.0 Å². The van der Waals surface area contributed by atoms with Gasteiger partial charge < -0.3 is 21.6 Å². The molecule has 1 aromatic carbocycles. The molecule has 0 radical (unpaired) electrons. The lowest BCUT2D eigenvalue weighted by atomic mass is 10.1. The summed E-state index contributed by atoms with van der Waals surface area (Å²) >= 11 is 0. The predicted molar refractivity (Wildman–Crippen MR) is 69.3 cm³/mol. The molecule has 0 fully saturated rings. The molecule has 0 bridgehead atoms. The van der Waals surface area contributed by atoms with Crippen molar-refractivity contribution in [3.8, 4) is 0 Å². The fourth-order valence-corrected chi connectivity index (χ4v) is 1.41. The van der Waals surface area contributed by atoms with E-state index in [2.05, 4.69) is 15.8 Å². The van der Waals surface area contributed by atoms with E-state index in [4.69, 9.17) is 10.9 Å². The molecule has 0 aliphatic carbocycles. The van der Waals surface area contributed by atoms with Gasteiger partial charge in [0.1, 0.15) is 0 Å². The van der Waals surface area contributed by atoms with Crippen LogP contribution in [0.25, 0.3) is 0 Å². The summed E-state index contributed by atoms with van der Waals surface area (Å²) in [5.74, 6) is 0.110. The zero-order valence-electron chi connectivity index (χ0n) is 10.3. The summed E-state index contributed by atoms with van der Waals surface area (Å²) in [5, 5.41) is 17.2. The number of hydrogen-bond acceptors (Lipinski definition) is 4. The number of benzene rings is 1. The summed E-state index contributed by atoms with van der Waals surface area (Å²) in [5.41, 5.74) is 7.20. The minimum Gasteiger partial charge on any atom is -0.409 e. The highest BCUT2D eigenvalue weighted by Gasteiger charge is 2.00. The first-order valence-corrected chi connectivity index (χ1v) is 5.65. The first kappa shape index (κ1) is 14.0. The molecule has 0 saturated carbocycles. The molecule has 1 rings (SSSR count). The predicted octanol–water partition coefficient (Wildman–Crippen LogP) is 0.00680. The van der Waals surface area contributed by atoms with Gasteiger partial charge in [-0.25, -0.2) is 0 Å². The average Bonchev–Trinajstić information content (AvgIpc) is 2.43. The molecule has 0 saturated heterocycles. The van der Waals surface area contributed by atoms with Gasteiger partial charge >= 0.3 is 0 Å². The molecule has 1 aromatic rings. The lowest BCUT2D eigenvalue weighted by Crippen LogP contribution is -2.24. The van der Waals surface area contributed by atoms with Crippen molar-refractivity contribution in [2.45, 2.75) is 13.0 Å². The largest absolute Gasteiger partial charge is 0.409 e. The topological polar surface area (TPSA) is 99.7 Å². The molecule has 0 aliphatic heterocycles. The Morgan fingerprint density at radius 3 is 2.61 bits per heavy atom. The molecule has 6 heteroatoms. The van der Waals surface area contributed by atoms with Crippen LogP contribution in [-0.2, 0) is 11.3 Å². The molecule has 0 aliphatic rings. The zero-order valence-corrected chi connectivity index (χ0v) is 10.3. The number of nitrogens with one attached hydrogen (secondary N) is 2. The van der Waals surface area contributed by atoms with Crippen molar-refractivity contribution in [3.63, 3.8) is 0 Å². The maximum absolute atomic E-state index is 11.0. The Hall–Kier alpha value is -2.08. The number of oxime groups is 1. The monoisotopic (exact) mass is 250 g/mol. The van der Waals surface area contributed by atoms with Gasteiger partial charge in [0.2, 0.25) is 5.91 Å². The Balaban J connectivity index is 2.38. The van der Waals surface area contributed by atoms with E-state index in [0.717, 1.165) is 5.56 Å². The van der Waals surface area contributed by atoms with Gasteiger partial charge in [0.15, 0.2) is 5.84 Å². The van der Waals surface area contributed by atoms with Crippen LogP contribution in [0.15, 0.2) is 29.4 Å². The molecular formula is C12H18N4O2. The highest BCUT2D eigenvalue weighted by Crippen LogP contribution is 2.03. The molecule has 0 atom stereocenters. The number of carbonyl (C=O) groups excluding carboxylic acids is 1. The van der Waals surface area contributed by atoms with Crippen molar-refractivity contribution >= 4 is 11.7 Å². The third kappa shape index (κ3) is 4.42. The SMILES string of the molecule is CNC(=O)CCNCc1ccc(C(N)=NO)cc1. The molecule has 98 valence electrons. The summed E-state index contributed by atoms with van der Waals surface area (Å²) < 4.78 is 0. The van der Waals surface area contributed by atoms with Gasteiger partial charge in [-0.3, -0.25) is 4.79 Å². The quantitative estimate of drug-likeness (QED) is 0.188. The molecule has 18 heavy (non-hydrogen) atoms. The second kappa shape index (κ2) is 7.29. The number of hydrogen-bond donors (Lipinski definition) is 4. The number of nitrogens with two attached hydrogens (primary N) is 1. The van der Waals surface area contributed by atoms with Crippen LogP contribution >= 0.6 is 0 Å². The van der Waals surface area contributed by atoms with Gasteiger partial charge in [-0.05, 0) is 5.56 Å². The summed E-state index contributed by atoms with van der Waals surface area (Å²) in [6, 6.07) is 7.34. The molecular weight excluding hydrogens is 232 g/mol. The van der Waals surface area contributed by atoms with Crippen LogP contribution in [0.4, 0.5) is 0 Å². The third-order valence-electron chi connectivity index (χ3n) is 2.49. The van der Waals surface area contributed by atoms with Crippen molar-refractivity contribution in [1.29, 1.82) is 0 Å². The van der Waals surface area contributed by atoms with Gasteiger partial charge in [0.05, 0.1) is 0 Å². The molecule has 5 N–H and O–H groups in total. The smallest absolute Gasteiger partial charge is 0.221 e. The molecule has 0 spiro atoms. The normalized spacial score (nSPS) is 11.3. The number of nitrogens with zero attached hydrogens (tertiary/aromatic N) is 1. The van der Waals surface area contributed by atoms with Crippen LogP contribution in [0.5, 0.6) is 0 Å². The summed E-state index contributed by atoms with van der Waals surface area (Å²) in [4.78, 5) is 11.0. The second-order valence-electron chi connectivity index (χ2n) is 3.78. The van der Waals surface area contributed by atoms with E-state index in [1.165, 1.54) is 0 Å². The Morgan fingerprint density at radius 2 is 2.06 bits per heavy atom. The van der Waals surface area contributed by atoms with Crippen molar-refractivity contribution in [2.24, 2.45) is 10.9 Å². The van der Waals surface area contributed by atoms with Crippen molar-refractivity contribution in [1.82, 2.24) is 10.6 Å². The van der Waals surface area contributed by atoms with Crippen LogP contribution in [0.2, 0.25) is 0 Å². The summed E-state index contributed by atoms with van der Waals surface area (Å²) in [7, 11) is 1.62. The maximum Gasteiger partial charge on any atom is 0.221 e. The molecule has 1 amide bonds. The second-order valence-corrected chi connectivity index (χ2v) is 3.78. The van der Waals surface area contributed by atoms with E-state index in [9.17, 15) is 4.79 Å². The fourth-order valence-electron chi connectivity index (χ4n) is 1.41. The van der Waals surface area contributed by atoms with Gasteiger partial charge in [0, 0.05) is 32.1 Å². The van der Waals surface area contributed by atoms with E-state index in [0.29, 0.717) is 25.1 Å². The van der Waals surface area contributed by atoms with E-state index < -0.39 is 0 Å². The van der Waals surface area contributed by atoms with E-state index >= 15 is 0 Å². The molecule has 0 heterocycles. The van der Waals surface area contributed by atoms with Crippen molar-refractivity contribution in [2.75, 3.05) is 13.6 Å². The number of amides is 1. The first-order chi connectivity index (χ1) is 8.67. The minimum absolute atomic E-state index is 0.0183. The van der Waals surface area contributed by atoms with Crippen LogP contribution in [0, 0.1) is 0 Å². The van der Waals surface area contributed by atoms with Gasteiger partial charge in [-0.15, -0.1) is 0 Å². The number of carbonyl (C=O) groups is 1. The van der Waals surface area contributed by atoms with Crippen LogP contribution in [0.1, 0.15) is 17.5 Å². The lowest BCUT2D eigenvalue weighted by Gasteiger charge is -2.05. The third-order valence-corrected chi connectivity index (χ3v) is 2.49. The zero-order chi connectivity index (χ0) is 13.4. The summed E-state index contributed by atoms with van der Waals surface area (Å²) in [6.45, 7) is 1.30. The maximum atomic E-state index is 11.0. The van der Waals surface area contributed by atoms with Gasteiger partial charge in [0.25, 0.3) is 0 Å². The van der Waals surface area contributed by atoms with Crippen LogP contribution < -0.4 is 16.4 Å². The first-order valence-electron chi connectivity index (χ1n) is 5.65. The lowest BCUT2D eigenvalue weighted by molar-refractivity contribution is -0.120. The van der Waals surface area contributed by atoms with E-state index in [-0.39, 0.29) is 11.7 Å². The minimum atomic E-state index is 0.0183. The average molecular weight is 250 g/mol. The van der Waals surface area contributed by atoms with Crippen LogP contribution in [-0.4, -0.2) is 30.5 Å². The van der Waals surface area contributed by atoms with Crippen LogP contribution in [0.3, 0.4) is 0 Å². The Kier molecular flexibility index (Phi) is 5.66. The standard InChI is InChI=1S/C12H18N4O2/c1-14-11(17)6-7-15-8-9-2-4-10(5-3-9)12(13)16-18/h2-5,15,18H,6-8H2,1H3,(H2,13,16)(H,14,17). The molecule has 6 nitrogen and oxygen atoms in total. The fraction of sp³-hybridized carbons (Fsp3) is 0.333. The number of amidine groups is 1. The molecule has 0 aromatic heterocycles. The van der Waals surface area contributed by atoms with Gasteiger partial charge in [-0.1, -0.05) is 29.4 Å². The highest BCUT2D eigenvalue weighted by atomic mass is 16.4. The molecule has 0 unspecified atom stereocenters. The summed E-state index contributed by atoms with van der Waals surface area (Å²) in [6.07, 6.45) is 0.457. The Labute approximate surface area is 106 Å². The Bertz CT molecular complexity index is 415. The van der Waals surface area contributed by atoms with E-state index in [1.54, 1.807) is 19.2 Å². The van der Waals surface area contributed by atoms with Crippen molar-refractivity contribution in [3.05, 3.63) is 35.4 Å². The van der Waals surface area contributed by atoms with Gasteiger partial charge in [-0.2, -0.15) is 0 Å². The highest BCUT2D eigenvalue weighted by molar-refractivity contribution is 5.96. The Morgan fingerprint density at radius 1 is 1.39 bits per heavy atom. The number of rotatable bonds is 6.